The van der Waals surface area contributed by atoms with E-state index < -0.39 is 23.7 Å². The summed E-state index contributed by atoms with van der Waals surface area (Å²) in [5, 5.41) is 11.8. The van der Waals surface area contributed by atoms with Crippen molar-refractivity contribution in [1.29, 1.82) is 0 Å². The number of ether oxygens (including phenoxy) is 1. The molecular weight excluding hydrogens is 306 g/mol. The third kappa shape index (κ3) is 4.84. The summed E-state index contributed by atoms with van der Waals surface area (Å²) in [5.74, 6) is -1.15. The average Bonchev–Trinajstić information content (AvgIpc) is 2.52. The number of nitrogens with one attached hydrogen (secondary N) is 1. The lowest BCUT2D eigenvalue weighted by molar-refractivity contribution is -0.139. The van der Waals surface area contributed by atoms with Gasteiger partial charge in [-0.05, 0) is 37.5 Å². The summed E-state index contributed by atoms with van der Waals surface area (Å²) in [6.07, 6.45) is -0.762. The maximum atomic E-state index is 11.8. The first kappa shape index (κ1) is 17.5. The molecule has 126 valence electrons. The minimum absolute atomic E-state index is 0.480. The molecule has 0 bridgehead atoms. The van der Waals surface area contributed by atoms with Crippen LogP contribution < -0.4 is 5.32 Å². The molecule has 0 aliphatic carbocycles. The standard InChI is InChI=1S/C19H21NO4/c1-19(2,3)24-18(23)20-16(17(21)22)15-11-9-14(10-12-15)13-7-5-4-6-8-13/h4-12,16H,1-3H3,(H,20,23)(H,21,22)/t16-/m0/s1. The molecule has 0 spiro atoms. The number of benzene rings is 2. The quantitative estimate of drug-likeness (QED) is 0.890. The lowest BCUT2D eigenvalue weighted by Crippen LogP contribution is -2.38. The van der Waals surface area contributed by atoms with Crippen LogP contribution in [0.3, 0.4) is 0 Å². The number of carboxylic acids is 1. The van der Waals surface area contributed by atoms with Crippen LogP contribution in [0, 0.1) is 0 Å². The molecule has 24 heavy (non-hydrogen) atoms. The summed E-state index contributed by atoms with van der Waals surface area (Å²) >= 11 is 0. The predicted octanol–water partition coefficient (Wildman–Crippen LogP) is 4.00. The van der Waals surface area contributed by atoms with Gasteiger partial charge in [-0.2, -0.15) is 0 Å². The van der Waals surface area contributed by atoms with Crippen LogP contribution in [-0.2, 0) is 9.53 Å². The van der Waals surface area contributed by atoms with Gasteiger partial charge in [0.15, 0.2) is 6.04 Å². The van der Waals surface area contributed by atoms with Crippen LogP contribution in [0.5, 0.6) is 0 Å². The first-order valence-electron chi connectivity index (χ1n) is 7.64. The SMILES string of the molecule is CC(C)(C)OC(=O)N[C@H](C(=O)O)c1ccc(-c2ccccc2)cc1. The molecule has 2 aromatic rings. The van der Waals surface area contributed by atoms with E-state index in [2.05, 4.69) is 5.32 Å². The first-order valence-corrected chi connectivity index (χ1v) is 7.64. The third-order valence-electron chi connectivity index (χ3n) is 3.26. The molecule has 0 heterocycles. The minimum Gasteiger partial charge on any atom is -0.479 e. The van der Waals surface area contributed by atoms with Gasteiger partial charge in [0.2, 0.25) is 0 Å². The Morgan fingerprint density at radius 3 is 2.00 bits per heavy atom. The van der Waals surface area contributed by atoms with Crippen molar-refractivity contribution in [2.24, 2.45) is 0 Å². The number of carbonyl (C=O) groups is 2. The number of carboxylic acid groups (broad SMARTS) is 1. The lowest BCUT2D eigenvalue weighted by atomic mass is 10.0. The van der Waals surface area contributed by atoms with Gasteiger partial charge >= 0.3 is 12.1 Å². The molecule has 2 aromatic carbocycles. The van der Waals surface area contributed by atoms with E-state index in [1.54, 1.807) is 32.9 Å². The molecular formula is C19H21NO4. The summed E-state index contributed by atoms with van der Waals surface area (Å²) in [5.41, 5.74) is 1.80. The van der Waals surface area contributed by atoms with Crippen LogP contribution in [-0.4, -0.2) is 22.8 Å². The molecule has 0 saturated carbocycles. The van der Waals surface area contributed by atoms with Crippen LogP contribution in [0.4, 0.5) is 4.79 Å². The summed E-state index contributed by atoms with van der Waals surface area (Å²) < 4.78 is 5.12. The van der Waals surface area contributed by atoms with Crippen LogP contribution in [0.1, 0.15) is 32.4 Å². The molecule has 2 N–H and O–H groups in total. The molecule has 0 aromatic heterocycles. The number of aliphatic carboxylic acids is 1. The van der Waals surface area contributed by atoms with E-state index in [1.165, 1.54) is 0 Å². The highest BCUT2D eigenvalue weighted by Crippen LogP contribution is 2.22. The van der Waals surface area contributed by atoms with E-state index in [9.17, 15) is 14.7 Å². The number of rotatable bonds is 4. The van der Waals surface area contributed by atoms with Gasteiger partial charge in [-0.1, -0.05) is 54.6 Å². The highest BCUT2D eigenvalue weighted by atomic mass is 16.6. The number of carbonyl (C=O) groups excluding carboxylic acids is 1. The molecule has 5 heteroatoms. The second kappa shape index (κ2) is 7.17. The van der Waals surface area contributed by atoms with Crippen LogP contribution in [0.25, 0.3) is 11.1 Å². The summed E-state index contributed by atoms with van der Waals surface area (Å²) in [6.45, 7) is 5.16. The normalized spacial score (nSPS) is 12.3. The van der Waals surface area contributed by atoms with E-state index >= 15 is 0 Å². The van der Waals surface area contributed by atoms with Crippen molar-refractivity contribution in [3.05, 3.63) is 60.2 Å². The zero-order valence-corrected chi connectivity index (χ0v) is 13.9. The van der Waals surface area contributed by atoms with Crippen molar-refractivity contribution in [3.63, 3.8) is 0 Å². The fourth-order valence-electron chi connectivity index (χ4n) is 2.21. The predicted molar refractivity (Wildman–Crippen MR) is 91.6 cm³/mol. The van der Waals surface area contributed by atoms with Gasteiger partial charge in [-0.15, -0.1) is 0 Å². The highest BCUT2D eigenvalue weighted by molar-refractivity contribution is 5.81. The fourth-order valence-corrected chi connectivity index (χ4v) is 2.21. The van der Waals surface area contributed by atoms with Crippen molar-refractivity contribution in [2.45, 2.75) is 32.4 Å². The molecule has 1 atom stereocenters. The molecule has 1 amide bonds. The van der Waals surface area contributed by atoms with E-state index in [0.717, 1.165) is 11.1 Å². The van der Waals surface area contributed by atoms with Gasteiger partial charge < -0.3 is 15.2 Å². The Kier molecular flexibility index (Phi) is 5.24. The Labute approximate surface area is 141 Å². The molecule has 0 aliphatic heterocycles. The maximum Gasteiger partial charge on any atom is 0.408 e. The Balaban J connectivity index is 2.17. The summed E-state index contributed by atoms with van der Waals surface area (Å²) in [6, 6.07) is 15.6. The largest absolute Gasteiger partial charge is 0.479 e. The molecule has 0 saturated heterocycles. The van der Waals surface area contributed by atoms with Crippen molar-refractivity contribution in [2.75, 3.05) is 0 Å². The second-order valence-corrected chi connectivity index (χ2v) is 6.41. The summed E-state index contributed by atoms with van der Waals surface area (Å²) in [7, 11) is 0. The fraction of sp³-hybridized carbons (Fsp3) is 0.263. The van der Waals surface area contributed by atoms with Crippen molar-refractivity contribution in [3.8, 4) is 11.1 Å². The number of hydrogen-bond acceptors (Lipinski definition) is 3. The zero-order valence-electron chi connectivity index (χ0n) is 13.9. The van der Waals surface area contributed by atoms with E-state index in [4.69, 9.17) is 4.74 Å². The van der Waals surface area contributed by atoms with Crippen LogP contribution >= 0.6 is 0 Å². The highest BCUT2D eigenvalue weighted by Gasteiger charge is 2.25. The molecule has 2 rings (SSSR count). The molecule has 5 nitrogen and oxygen atoms in total. The van der Waals surface area contributed by atoms with Crippen molar-refractivity contribution < 1.29 is 19.4 Å². The Morgan fingerprint density at radius 1 is 0.958 bits per heavy atom. The van der Waals surface area contributed by atoms with Gasteiger partial charge in [0.05, 0.1) is 0 Å². The smallest absolute Gasteiger partial charge is 0.408 e. The van der Waals surface area contributed by atoms with Gasteiger partial charge in [-0.25, -0.2) is 9.59 Å². The van der Waals surface area contributed by atoms with Crippen LogP contribution in [0.15, 0.2) is 54.6 Å². The van der Waals surface area contributed by atoms with Crippen LogP contribution in [0.2, 0.25) is 0 Å². The zero-order chi connectivity index (χ0) is 17.7. The van der Waals surface area contributed by atoms with Gasteiger partial charge in [-0.3, -0.25) is 0 Å². The number of alkyl carbamates (subject to hydrolysis) is 1. The van der Waals surface area contributed by atoms with Crippen molar-refractivity contribution >= 4 is 12.1 Å². The van der Waals surface area contributed by atoms with E-state index in [-0.39, 0.29) is 0 Å². The minimum atomic E-state index is -1.16. The topological polar surface area (TPSA) is 75.6 Å². The van der Waals surface area contributed by atoms with Crippen molar-refractivity contribution in [1.82, 2.24) is 5.32 Å². The van der Waals surface area contributed by atoms with E-state index in [1.807, 2.05) is 42.5 Å². The molecule has 0 fully saturated rings. The van der Waals surface area contributed by atoms with Gasteiger partial charge in [0.25, 0.3) is 0 Å². The number of amides is 1. The lowest BCUT2D eigenvalue weighted by Gasteiger charge is -2.22. The molecule has 0 unspecified atom stereocenters. The Hall–Kier alpha value is -2.82. The summed E-state index contributed by atoms with van der Waals surface area (Å²) in [4.78, 5) is 23.3. The second-order valence-electron chi connectivity index (χ2n) is 6.41. The molecule has 0 radical (unpaired) electrons. The maximum absolute atomic E-state index is 11.8. The van der Waals surface area contributed by atoms with E-state index in [0.29, 0.717) is 5.56 Å². The third-order valence-corrected chi connectivity index (χ3v) is 3.26. The number of hydrogen-bond donors (Lipinski definition) is 2. The van der Waals surface area contributed by atoms with Gasteiger partial charge in [0, 0.05) is 0 Å². The molecule has 0 aliphatic rings. The Morgan fingerprint density at radius 2 is 1.50 bits per heavy atom. The first-order chi connectivity index (χ1) is 11.3. The average molecular weight is 327 g/mol. The monoisotopic (exact) mass is 327 g/mol. The Bertz CT molecular complexity index is 702. The van der Waals surface area contributed by atoms with Gasteiger partial charge in [0.1, 0.15) is 5.60 Å².